The second-order valence-corrected chi connectivity index (χ2v) is 5.38. The summed E-state index contributed by atoms with van der Waals surface area (Å²) >= 11 is 0. The molecular formula is C11H22N2O3. The van der Waals surface area contributed by atoms with E-state index < -0.39 is 17.8 Å². The Morgan fingerprint density at radius 3 is 2.56 bits per heavy atom. The largest absolute Gasteiger partial charge is 0.444 e. The first-order valence-electron chi connectivity index (χ1n) is 5.69. The van der Waals surface area contributed by atoms with Crippen LogP contribution in [0.4, 0.5) is 4.79 Å². The maximum atomic E-state index is 11.8. The zero-order chi connectivity index (χ0) is 12.3. The molecule has 0 aliphatic carbocycles. The van der Waals surface area contributed by atoms with Gasteiger partial charge in [-0.1, -0.05) is 0 Å². The van der Waals surface area contributed by atoms with Gasteiger partial charge in [0.2, 0.25) is 0 Å². The van der Waals surface area contributed by atoms with Crippen LogP contribution in [0.5, 0.6) is 0 Å². The van der Waals surface area contributed by atoms with Gasteiger partial charge < -0.3 is 20.5 Å². The van der Waals surface area contributed by atoms with E-state index in [1.54, 1.807) is 0 Å². The number of aliphatic hydroxyl groups excluding tert-OH is 1. The van der Waals surface area contributed by atoms with Gasteiger partial charge in [0.05, 0.1) is 6.10 Å². The van der Waals surface area contributed by atoms with Crippen molar-refractivity contribution in [2.75, 3.05) is 13.1 Å². The molecule has 94 valence electrons. The summed E-state index contributed by atoms with van der Waals surface area (Å²) in [5.74, 6) is 0. The highest BCUT2D eigenvalue weighted by Gasteiger charge is 2.27. The van der Waals surface area contributed by atoms with Gasteiger partial charge in [0.15, 0.2) is 0 Å². The smallest absolute Gasteiger partial charge is 0.410 e. The number of ether oxygens (including phenoxy) is 1. The number of likely N-dealkylation sites (tertiary alicyclic amines) is 1. The second kappa shape index (κ2) is 5.01. The summed E-state index contributed by atoms with van der Waals surface area (Å²) in [6, 6.07) is -0.0790. The van der Waals surface area contributed by atoms with Crippen LogP contribution in [0.3, 0.4) is 0 Å². The maximum Gasteiger partial charge on any atom is 0.410 e. The van der Waals surface area contributed by atoms with Gasteiger partial charge in [0.25, 0.3) is 0 Å². The molecule has 0 saturated carbocycles. The topological polar surface area (TPSA) is 75.8 Å². The van der Waals surface area contributed by atoms with Crippen LogP contribution in [0.1, 0.15) is 33.6 Å². The molecular weight excluding hydrogens is 208 g/mol. The Balaban J connectivity index is 2.59. The fourth-order valence-corrected chi connectivity index (χ4v) is 1.68. The molecule has 0 aromatic heterocycles. The quantitative estimate of drug-likeness (QED) is 0.642. The standard InChI is InChI=1S/C11H22N2O3/c1-11(2,3)16-10(15)13-6-8(12)4-5-9(14)7-13/h8-9,14H,4-7,12H2,1-3H3/t8-,9+/m0/s1. The van der Waals surface area contributed by atoms with Crippen molar-refractivity contribution in [1.29, 1.82) is 0 Å². The second-order valence-electron chi connectivity index (χ2n) is 5.38. The van der Waals surface area contributed by atoms with Crippen molar-refractivity contribution < 1.29 is 14.6 Å². The summed E-state index contributed by atoms with van der Waals surface area (Å²) in [6.07, 6.45) is 0.478. The van der Waals surface area contributed by atoms with Crippen molar-refractivity contribution in [3.63, 3.8) is 0 Å². The zero-order valence-electron chi connectivity index (χ0n) is 10.3. The fourth-order valence-electron chi connectivity index (χ4n) is 1.68. The first-order valence-corrected chi connectivity index (χ1v) is 5.69. The molecule has 1 aliphatic rings. The molecule has 1 amide bonds. The summed E-state index contributed by atoms with van der Waals surface area (Å²) in [4.78, 5) is 13.3. The molecule has 1 heterocycles. The highest BCUT2D eigenvalue weighted by Crippen LogP contribution is 2.14. The first-order chi connectivity index (χ1) is 7.28. The minimum atomic E-state index is -0.515. The Bertz CT molecular complexity index is 238. The minimum Gasteiger partial charge on any atom is -0.444 e. The number of nitrogens with two attached hydrogens (primary N) is 1. The Kier molecular flexibility index (Phi) is 4.15. The lowest BCUT2D eigenvalue weighted by atomic mass is 10.1. The lowest BCUT2D eigenvalue weighted by Crippen LogP contribution is -2.44. The van der Waals surface area contributed by atoms with E-state index in [0.717, 1.165) is 6.42 Å². The van der Waals surface area contributed by atoms with E-state index >= 15 is 0 Å². The average molecular weight is 230 g/mol. The third kappa shape index (κ3) is 4.37. The SMILES string of the molecule is CC(C)(C)OC(=O)N1C[C@@H](N)CC[C@@H](O)C1. The third-order valence-corrected chi connectivity index (χ3v) is 2.41. The van der Waals surface area contributed by atoms with E-state index in [1.165, 1.54) is 4.90 Å². The highest BCUT2D eigenvalue weighted by atomic mass is 16.6. The van der Waals surface area contributed by atoms with Crippen molar-refractivity contribution in [3.8, 4) is 0 Å². The van der Waals surface area contributed by atoms with Gasteiger partial charge in [-0.15, -0.1) is 0 Å². The van der Waals surface area contributed by atoms with E-state index in [9.17, 15) is 9.90 Å². The number of hydrogen-bond acceptors (Lipinski definition) is 4. The molecule has 0 unspecified atom stereocenters. The van der Waals surface area contributed by atoms with E-state index in [0.29, 0.717) is 19.5 Å². The number of rotatable bonds is 0. The van der Waals surface area contributed by atoms with Crippen LogP contribution in [0.15, 0.2) is 0 Å². The number of nitrogens with zero attached hydrogens (tertiary/aromatic N) is 1. The predicted molar refractivity (Wildman–Crippen MR) is 61.0 cm³/mol. The van der Waals surface area contributed by atoms with Crippen LogP contribution in [-0.4, -0.2) is 46.9 Å². The zero-order valence-corrected chi connectivity index (χ0v) is 10.3. The fraction of sp³-hybridized carbons (Fsp3) is 0.909. The molecule has 16 heavy (non-hydrogen) atoms. The summed E-state index contributed by atoms with van der Waals surface area (Å²) < 4.78 is 5.25. The molecule has 2 atom stereocenters. The molecule has 5 nitrogen and oxygen atoms in total. The number of carbonyl (C=O) groups excluding carboxylic acids is 1. The van der Waals surface area contributed by atoms with E-state index in [1.807, 2.05) is 20.8 Å². The Labute approximate surface area is 96.6 Å². The molecule has 0 radical (unpaired) electrons. The van der Waals surface area contributed by atoms with Crippen LogP contribution in [0, 0.1) is 0 Å². The molecule has 1 saturated heterocycles. The third-order valence-electron chi connectivity index (χ3n) is 2.41. The van der Waals surface area contributed by atoms with Crippen LogP contribution < -0.4 is 5.73 Å². The van der Waals surface area contributed by atoms with Gasteiger partial charge in [-0.3, -0.25) is 0 Å². The predicted octanol–water partition coefficient (Wildman–Crippen LogP) is 0.705. The Morgan fingerprint density at radius 1 is 1.38 bits per heavy atom. The van der Waals surface area contributed by atoms with Crippen molar-refractivity contribution in [3.05, 3.63) is 0 Å². The summed E-state index contributed by atoms with van der Waals surface area (Å²) in [5.41, 5.74) is 5.31. The lowest BCUT2D eigenvalue weighted by Gasteiger charge is -2.28. The summed E-state index contributed by atoms with van der Waals surface area (Å²) in [5, 5.41) is 9.62. The average Bonchev–Trinajstić information content (AvgIpc) is 2.25. The van der Waals surface area contributed by atoms with Crippen molar-refractivity contribution in [2.24, 2.45) is 5.73 Å². The Hall–Kier alpha value is -0.810. The van der Waals surface area contributed by atoms with Gasteiger partial charge in [-0.2, -0.15) is 0 Å². The van der Waals surface area contributed by atoms with Gasteiger partial charge in [-0.25, -0.2) is 4.79 Å². The molecule has 0 bridgehead atoms. The number of aliphatic hydroxyl groups is 1. The van der Waals surface area contributed by atoms with Crippen LogP contribution in [0.2, 0.25) is 0 Å². The maximum absolute atomic E-state index is 11.8. The van der Waals surface area contributed by atoms with E-state index in [4.69, 9.17) is 10.5 Å². The highest BCUT2D eigenvalue weighted by molar-refractivity contribution is 5.68. The molecule has 1 aliphatic heterocycles. The number of carbonyl (C=O) groups is 1. The van der Waals surface area contributed by atoms with Crippen LogP contribution in [0.25, 0.3) is 0 Å². The van der Waals surface area contributed by atoms with E-state index in [2.05, 4.69) is 0 Å². The monoisotopic (exact) mass is 230 g/mol. The molecule has 0 aromatic rings. The molecule has 1 rings (SSSR count). The van der Waals surface area contributed by atoms with E-state index in [-0.39, 0.29) is 6.04 Å². The summed E-state index contributed by atoms with van der Waals surface area (Å²) in [6.45, 7) is 6.21. The molecule has 5 heteroatoms. The number of β-amino-alcohol motifs (C(OH)–C–C–N with tert-alkyl or cyclic N) is 1. The Morgan fingerprint density at radius 2 is 2.00 bits per heavy atom. The van der Waals surface area contributed by atoms with Gasteiger partial charge in [0, 0.05) is 19.1 Å². The van der Waals surface area contributed by atoms with Gasteiger partial charge >= 0.3 is 6.09 Å². The minimum absolute atomic E-state index is 0.0790. The lowest BCUT2D eigenvalue weighted by molar-refractivity contribution is 0.0168. The van der Waals surface area contributed by atoms with Crippen molar-refractivity contribution in [1.82, 2.24) is 4.90 Å². The van der Waals surface area contributed by atoms with Crippen molar-refractivity contribution >= 4 is 6.09 Å². The first kappa shape index (κ1) is 13.3. The number of amides is 1. The molecule has 0 spiro atoms. The van der Waals surface area contributed by atoms with Crippen LogP contribution in [-0.2, 0) is 4.74 Å². The number of hydrogen-bond donors (Lipinski definition) is 2. The normalized spacial score (nSPS) is 27.4. The van der Waals surface area contributed by atoms with Crippen molar-refractivity contribution in [2.45, 2.75) is 51.4 Å². The van der Waals surface area contributed by atoms with Gasteiger partial charge in [0.1, 0.15) is 5.60 Å². The molecule has 1 fully saturated rings. The molecule has 0 aromatic carbocycles. The summed E-state index contributed by atoms with van der Waals surface area (Å²) in [7, 11) is 0. The molecule has 3 N–H and O–H groups in total. The van der Waals surface area contributed by atoms with Crippen LogP contribution >= 0.6 is 0 Å². The van der Waals surface area contributed by atoms with Gasteiger partial charge in [-0.05, 0) is 33.6 Å².